The molecule has 1 aliphatic carbocycles. The zero-order chi connectivity index (χ0) is 13.2. The van der Waals surface area contributed by atoms with Crippen LogP contribution in [0.25, 0.3) is 0 Å². The van der Waals surface area contributed by atoms with Gasteiger partial charge >= 0.3 is 0 Å². The van der Waals surface area contributed by atoms with Crippen LogP contribution >= 0.6 is 0 Å². The number of allylic oxidation sites excluding steroid dienone is 4. The topological polar surface area (TPSA) is 37.4 Å². The maximum atomic E-state index is 12.3. The lowest BCUT2D eigenvalue weighted by molar-refractivity contribution is 0.561. The number of hydrogen-bond donors (Lipinski definition) is 0. The molecule has 0 N–H and O–H groups in total. The average molecular weight is 261 g/mol. The van der Waals surface area contributed by atoms with E-state index in [4.69, 9.17) is 0 Å². The van der Waals surface area contributed by atoms with Crippen molar-refractivity contribution in [1.29, 1.82) is 0 Å². The van der Waals surface area contributed by atoms with Crippen LogP contribution in [0, 0.1) is 0 Å². The average Bonchev–Trinajstić information content (AvgIpc) is 2.78. The highest BCUT2D eigenvalue weighted by atomic mass is 32.2. The van der Waals surface area contributed by atoms with Crippen LogP contribution in [0.15, 0.2) is 70.1 Å². The molecule has 4 heteroatoms. The summed E-state index contributed by atoms with van der Waals surface area (Å²) in [6.45, 7) is 0. The summed E-state index contributed by atoms with van der Waals surface area (Å²) in [6.07, 6.45) is 7.00. The molecule has 0 spiro atoms. The van der Waals surface area contributed by atoms with Gasteiger partial charge in [-0.15, -0.1) is 0 Å². The van der Waals surface area contributed by atoms with Crippen LogP contribution in [0.5, 0.6) is 0 Å². The molecular formula is C14H15NO2S. The Labute approximate surface area is 108 Å². The highest BCUT2D eigenvalue weighted by Gasteiger charge is 2.20. The maximum absolute atomic E-state index is 12.3. The van der Waals surface area contributed by atoms with E-state index in [-0.39, 0.29) is 0 Å². The van der Waals surface area contributed by atoms with Crippen molar-refractivity contribution in [2.24, 2.45) is 0 Å². The van der Waals surface area contributed by atoms with Crippen LogP contribution in [-0.2, 0) is 9.84 Å². The van der Waals surface area contributed by atoms with E-state index in [1.54, 1.807) is 48.6 Å². The van der Waals surface area contributed by atoms with E-state index in [2.05, 4.69) is 0 Å². The Morgan fingerprint density at radius 2 is 1.72 bits per heavy atom. The standard InChI is InChI=1S/C14H15NO2S/c1-15(2)11-12-8-9-14(10-12)18(16,17)13-6-4-3-5-7-13/h3-11H,1-2H3/b12-11+. The predicted octanol–water partition coefficient (Wildman–Crippen LogP) is 2.36. The van der Waals surface area contributed by atoms with Gasteiger partial charge in [0.15, 0.2) is 0 Å². The molecule has 0 heterocycles. The highest BCUT2D eigenvalue weighted by Crippen LogP contribution is 2.26. The van der Waals surface area contributed by atoms with E-state index >= 15 is 0 Å². The summed E-state index contributed by atoms with van der Waals surface area (Å²) in [4.78, 5) is 2.54. The summed E-state index contributed by atoms with van der Waals surface area (Å²) in [6, 6.07) is 8.47. The molecule has 1 aromatic rings. The van der Waals surface area contributed by atoms with E-state index in [1.165, 1.54) is 0 Å². The van der Waals surface area contributed by atoms with Crippen LogP contribution in [0.1, 0.15) is 0 Å². The first-order valence-electron chi connectivity index (χ1n) is 5.58. The smallest absolute Gasteiger partial charge is 0.206 e. The van der Waals surface area contributed by atoms with Gasteiger partial charge in [0.05, 0.1) is 9.80 Å². The Bertz CT molecular complexity index is 623. The molecule has 0 aromatic heterocycles. The van der Waals surface area contributed by atoms with Crippen molar-refractivity contribution < 1.29 is 8.42 Å². The van der Waals surface area contributed by atoms with Gasteiger partial charge < -0.3 is 4.90 Å². The third-order valence-corrected chi connectivity index (χ3v) is 4.29. The van der Waals surface area contributed by atoms with Crippen molar-refractivity contribution in [3.8, 4) is 0 Å². The van der Waals surface area contributed by atoms with Gasteiger partial charge in [-0.2, -0.15) is 0 Å². The third-order valence-electron chi connectivity index (χ3n) is 2.52. The number of nitrogens with zero attached hydrogens (tertiary/aromatic N) is 1. The number of hydrogen-bond acceptors (Lipinski definition) is 3. The Morgan fingerprint density at radius 3 is 2.33 bits per heavy atom. The lowest BCUT2D eigenvalue weighted by Gasteiger charge is -2.04. The van der Waals surface area contributed by atoms with Crippen molar-refractivity contribution in [2.75, 3.05) is 14.1 Å². The number of sulfone groups is 1. The minimum absolute atomic E-state index is 0.326. The molecule has 0 amide bonds. The first-order valence-corrected chi connectivity index (χ1v) is 7.06. The molecule has 0 unspecified atom stereocenters. The molecule has 0 radical (unpaired) electrons. The van der Waals surface area contributed by atoms with E-state index in [0.29, 0.717) is 9.80 Å². The van der Waals surface area contributed by atoms with Gasteiger partial charge in [0, 0.05) is 20.3 Å². The predicted molar refractivity (Wildman–Crippen MR) is 72.6 cm³/mol. The van der Waals surface area contributed by atoms with Crippen LogP contribution in [0.2, 0.25) is 0 Å². The monoisotopic (exact) mass is 261 g/mol. The molecule has 2 rings (SSSR count). The summed E-state index contributed by atoms with van der Waals surface area (Å²) in [5, 5.41) is 0. The summed E-state index contributed by atoms with van der Waals surface area (Å²) in [5.74, 6) is 0. The molecule has 0 atom stereocenters. The minimum atomic E-state index is -3.39. The molecule has 0 saturated heterocycles. The molecule has 94 valence electrons. The summed E-state index contributed by atoms with van der Waals surface area (Å²) in [5.41, 5.74) is 0.884. The first-order chi connectivity index (χ1) is 8.50. The second-order valence-corrected chi connectivity index (χ2v) is 6.24. The lowest BCUT2D eigenvalue weighted by atomic mass is 10.3. The van der Waals surface area contributed by atoms with Gasteiger partial charge in [-0.25, -0.2) is 8.42 Å². The second-order valence-electron chi connectivity index (χ2n) is 4.29. The first kappa shape index (κ1) is 12.6. The van der Waals surface area contributed by atoms with Crippen LogP contribution in [0.4, 0.5) is 0 Å². The molecule has 0 bridgehead atoms. The van der Waals surface area contributed by atoms with Crippen molar-refractivity contribution in [3.63, 3.8) is 0 Å². The normalized spacial score (nSPS) is 17.0. The largest absolute Gasteiger partial charge is 0.383 e. The molecule has 1 aromatic carbocycles. The zero-order valence-corrected chi connectivity index (χ0v) is 11.2. The van der Waals surface area contributed by atoms with Crippen molar-refractivity contribution >= 4 is 9.84 Å². The molecule has 3 nitrogen and oxygen atoms in total. The fourth-order valence-electron chi connectivity index (χ4n) is 1.72. The Hall–Kier alpha value is -1.81. The van der Waals surface area contributed by atoms with Crippen molar-refractivity contribution in [1.82, 2.24) is 4.90 Å². The van der Waals surface area contributed by atoms with Gasteiger partial charge in [-0.05, 0) is 29.9 Å². The van der Waals surface area contributed by atoms with E-state index in [1.807, 2.05) is 25.2 Å². The Morgan fingerprint density at radius 1 is 1.06 bits per heavy atom. The van der Waals surface area contributed by atoms with Gasteiger partial charge in [-0.1, -0.05) is 24.3 Å². The van der Waals surface area contributed by atoms with E-state index in [0.717, 1.165) is 5.57 Å². The number of rotatable bonds is 3. The van der Waals surface area contributed by atoms with Crippen molar-refractivity contribution in [3.05, 3.63) is 65.2 Å². The fraction of sp³-hybridized carbons (Fsp3) is 0.143. The molecular weight excluding hydrogens is 246 g/mol. The van der Waals surface area contributed by atoms with E-state index < -0.39 is 9.84 Å². The highest BCUT2D eigenvalue weighted by molar-refractivity contribution is 7.95. The summed E-state index contributed by atoms with van der Waals surface area (Å²) in [7, 11) is 0.410. The summed E-state index contributed by atoms with van der Waals surface area (Å²) >= 11 is 0. The Kier molecular flexibility index (Phi) is 3.39. The molecule has 0 saturated carbocycles. The molecule has 0 fully saturated rings. The molecule has 18 heavy (non-hydrogen) atoms. The van der Waals surface area contributed by atoms with Gasteiger partial charge in [-0.3, -0.25) is 0 Å². The van der Waals surface area contributed by atoms with Crippen molar-refractivity contribution in [2.45, 2.75) is 4.90 Å². The zero-order valence-electron chi connectivity index (χ0n) is 10.4. The lowest BCUT2D eigenvalue weighted by Crippen LogP contribution is -2.02. The number of benzene rings is 1. The maximum Gasteiger partial charge on any atom is 0.206 e. The fourth-order valence-corrected chi connectivity index (χ4v) is 3.05. The molecule has 0 aliphatic heterocycles. The summed E-state index contributed by atoms with van der Waals surface area (Å²) < 4.78 is 24.6. The molecule has 1 aliphatic rings. The van der Waals surface area contributed by atoms with Gasteiger partial charge in [0.25, 0.3) is 0 Å². The third kappa shape index (κ3) is 2.54. The van der Waals surface area contributed by atoms with Crippen LogP contribution < -0.4 is 0 Å². The van der Waals surface area contributed by atoms with Crippen LogP contribution in [-0.4, -0.2) is 27.4 Å². The van der Waals surface area contributed by atoms with Crippen LogP contribution in [0.3, 0.4) is 0 Å². The Balaban J connectivity index is 2.38. The van der Waals surface area contributed by atoms with Gasteiger partial charge in [0.1, 0.15) is 0 Å². The minimum Gasteiger partial charge on any atom is -0.383 e. The van der Waals surface area contributed by atoms with Gasteiger partial charge in [0.2, 0.25) is 9.84 Å². The SMILES string of the molecule is CN(C)/C=C1\C=CC(S(=O)(=O)c2ccccc2)=C1. The quantitative estimate of drug-likeness (QED) is 0.838. The van der Waals surface area contributed by atoms with E-state index in [9.17, 15) is 8.42 Å². The second kappa shape index (κ2) is 4.82.